The Morgan fingerprint density at radius 1 is 1.17 bits per heavy atom. The Kier molecular flexibility index (Phi) is 9.35. The molecule has 1 fully saturated rings. The van der Waals surface area contributed by atoms with Gasteiger partial charge in [0.25, 0.3) is 0 Å². The van der Waals surface area contributed by atoms with E-state index in [1.165, 1.54) is 10.7 Å². The number of fused-ring (bicyclic) bond motifs is 1. The number of nitrogens with zero attached hydrogens (tertiary/aromatic N) is 8. The van der Waals surface area contributed by atoms with Gasteiger partial charge in [-0.2, -0.15) is 20.0 Å². The van der Waals surface area contributed by atoms with Crippen LogP contribution in [0, 0.1) is 22.7 Å². The molecular weight excluding hydrogens is 608 g/mol. The van der Waals surface area contributed by atoms with E-state index in [0.717, 1.165) is 24.2 Å². The number of nitriles is 2. The normalized spacial score (nSPS) is 12.6. The summed E-state index contributed by atoms with van der Waals surface area (Å²) in [5.41, 5.74) is 2.53. The van der Waals surface area contributed by atoms with Crippen LogP contribution in [0.2, 0.25) is 5.02 Å². The first-order chi connectivity index (χ1) is 22.0. The summed E-state index contributed by atoms with van der Waals surface area (Å²) in [6.07, 6.45) is 2.96. The minimum atomic E-state index is -0.601. The lowest BCUT2D eigenvalue weighted by molar-refractivity contribution is 0.0529. The molecule has 1 aliphatic carbocycles. The minimum absolute atomic E-state index is 0.186. The summed E-state index contributed by atoms with van der Waals surface area (Å²) in [5, 5.41) is 30.5. The summed E-state index contributed by atoms with van der Waals surface area (Å²) in [5.74, 6) is 1.53. The molecule has 0 atom stereocenters. The molecule has 1 aliphatic rings. The van der Waals surface area contributed by atoms with Crippen molar-refractivity contribution in [1.29, 1.82) is 10.5 Å². The van der Waals surface area contributed by atoms with E-state index < -0.39 is 11.7 Å². The first kappa shape index (κ1) is 32.1. The molecule has 238 valence electrons. The quantitative estimate of drug-likeness (QED) is 0.216. The zero-order valence-electron chi connectivity index (χ0n) is 26.3. The van der Waals surface area contributed by atoms with Gasteiger partial charge in [0, 0.05) is 32.7 Å². The van der Waals surface area contributed by atoms with Gasteiger partial charge in [-0.25, -0.2) is 9.78 Å². The van der Waals surface area contributed by atoms with Gasteiger partial charge in [-0.15, -0.1) is 5.10 Å². The first-order valence-corrected chi connectivity index (χ1v) is 15.1. The van der Waals surface area contributed by atoms with Crippen molar-refractivity contribution in [3.05, 3.63) is 64.4 Å². The summed E-state index contributed by atoms with van der Waals surface area (Å²) >= 11 is 6.72. The predicted octanol–water partition coefficient (Wildman–Crippen LogP) is 5.40. The van der Waals surface area contributed by atoms with Crippen molar-refractivity contribution in [3.8, 4) is 17.9 Å². The second-order valence-electron chi connectivity index (χ2n) is 11.9. The van der Waals surface area contributed by atoms with Crippen LogP contribution < -0.4 is 25.2 Å². The van der Waals surface area contributed by atoms with Gasteiger partial charge < -0.3 is 29.9 Å². The highest BCUT2D eigenvalue weighted by atomic mass is 35.5. The van der Waals surface area contributed by atoms with Gasteiger partial charge in [0.2, 0.25) is 5.95 Å². The SMILES string of the molecule is COc1ccc(CN(c2nc(Nc3cc(C#N)c(N(C)CCNC(=O)OC(C)(C)C)cc3Cl)nn3c(C#N)cnc23)C2CC2)cc1. The molecule has 0 spiro atoms. The van der Waals surface area contributed by atoms with Crippen LogP contribution >= 0.6 is 11.6 Å². The lowest BCUT2D eigenvalue weighted by Gasteiger charge is -2.25. The summed E-state index contributed by atoms with van der Waals surface area (Å²) in [7, 11) is 3.43. The Hall–Kier alpha value is -5.27. The molecule has 0 saturated heterocycles. The van der Waals surface area contributed by atoms with Crippen LogP contribution in [-0.4, -0.2) is 64.6 Å². The molecule has 1 amide bonds. The second kappa shape index (κ2) is 13.4. The molecule has 0 radical (unpaired) electrons. The van der Waals surface area contributed by atoms with Gasteiger partial charge in [-0.05, 0) is 63.4 Å². The molecule has 0 bridgehead atoms. The third-order valence-electron chi connectivity index (χ3n) is 7.21. The fourth-order valence-electron chi connectivity index (χ4n) is 4.82. The van der Waals surface area contributed by atoms with Crippen molar-refractivity contribution in [1.82, 2.24) is 24.9 Å². The van der Waals surface area contributed by atoms with Crippen molar-refractivity contribution in [2.45, 2.75) is 51.8 Å². The number of halogens is 1. The van der Waals surface area contributed by atoms with E-state index in [9.17, 15) is 15.3 Å². The smallest absolute Gasteiger partial charge is 0.407 e. The van der Waals surface area contributed by atoms with Gasteiger partial charge in [-0.3, -0.25) is 0 Å². The Morgan fingerprint density at radius 3 is 2.54 bits per heavy atom. The standard InChI is InChI=1S/C32H35ClN10O3/c1-32(2,3)46-31(44)36-12-13-41(4)27-15-25(33)26(14-21(27)16-34)38-30-39-29(28-37-18-23(17-35)43(28)40-30)42(22-8-9-22)19-20-6-10-24(45-5)11-7-20/h6-7,10-11,14-15,18,22H,8-9,12-13,19H2,1-5H3,(H,36,44)(H,38,40). The molecule has 5 rings (SSSR count). The largest absolute Gasteiger partial charge is 0.497 e. The van der Waals surface area contributed by atoms with E-state index in [2.05, 4.69) is 37.8 Å². The molecule has 2 aromatic heterocycles. The fraction of sp³-hybridized carbons (Fsp3) is 0.375. The van der Waals surface area contributed by atoms with Crippen LogP contribution in [0.4, 0.5) is 27.9 Å². The molecule has 46 heavy (non-hydrogen) atoms. The number of nitrogens with one attached hydrogen (secondary N) is 2. The van der Waals surface area contributed by atoms with E-state index in [0.29, 0.717) is 53.1 Å². The van der Waals surface area contributed by atoms with Crippen LogP contribution in [0.15, 0.2) is 42.6 Å². The molecule has 0 aliphatic heterocycles. The van der Waals surface area contributed by atoms with Crippen molar-refractivity contribution in [3.63, 3.8) is 0 Å². The fourth-order valence-corrected chi connectivity index (χ4v) is 5.03. The van der Waals surface area contributed by atoms with Crippen molar-refractivity contribution >= 4 is 46.5 Å². The number of carbonyl (C=O) groups is 1. The van der Waals surface area contributed by atoms with E-state index in [1.807, 2.05) is 29.2 Å². The number of hydrogen-bond donors (Lipinski definition) is 2. The molecule has 2 aromatic carbocycles. The number of amides is 1. The van der Waals surface area contributed by atoms with Crippen LogP contribution in [0.5, 0.6) is 5.75 Å². The molecule has 2 heterocycles. The molecule has 4 aromatic rings. The van der Waals surface area contributed by atoms with E-state index in [1.54, 1.807) is 47.1 Å². The number of likely N-dealkylation sites (N-methyl/N-ethyl adjacent to an activating group) is 1. The van der Waals surface area contributed by atoms with Gasteiger partial charge in [0.05, 0.1) is 35.3 Å². The highest BCUT2D eigenvalue weighted by Gasteiger charge is 2.33. The Balaban J connectivity index is 1.41. The van der Waals surface area contributed by atoms with E-state index >= 15 is 0 Å². The van der Waals surface area contributed by atoms with Gasteiger partial charge in [-0.1, -0.05) is 23.7 Å². The van der Waals surface area contributed by atoms with Crippen LogP contribution in [0.25, 0.3) is 5.65 Å². The third kappa shape index (κ3) is 7.50. The zero-order chi connectivity index (χ0) is 33.0. The lowest BCUT2D eigenvalue weighted by atomic mass is 10.1. The average molecular weight is 643 g/mol. The van der Waals surface area contributed by atoms with Crippen LogP contribution in [0.3, 0.4) is 0 Å². The number of hydrogen-bond acceptors (Lipinski definition) is 11. The lowest BCUT2D eigenvalue weighted by Crippen LogP contribution is -2.37. The van der Waals surface area contributed by atoms with Crippen LogP contribution in [0.1, 0.15) is 50.4 Å². The molecule has 13 nitrogen and oxygen atoms in total. The van der Waals surface area contributed by atoms with Gasteiger partial charge in [0.15, 0.2) is 17.2 Å². The predicted molar refractivity (Wildman–Crippen MR) is 175 cm³/mol. The minimum Gasteiger partial charge on any atom is -0.497 e. The average Bonchev–Trinajstić information content (AvgIpc) is 3.78. The van der Waals surface area contributed by atoms with Crippen molar-refractivity contribution in [2.75, 3.05) is 42.4 Å². The number of imidazole rings is 1. The number of anilines is 4. The number of rotatable bonds is 11. The van der Waals surface area contributed by atoms with Gasteiger partial charge in [0.1, 0.15) is 23.5 Å². The maximum Gasteiger partial charge on any atom is 0.407 e. The third-order valence-corrected chi connectivity index (χ3v) is 7.52. The first-order valence-electron chi connectivity index (χ1n) is 14.7. The Labute approximate surface area is 272 Å². The summed E-state index contributed by atoms with van der Waals surface area (Å²) in [4.78, 5) is 25.4. The topological polar surface area (TPSA) is 157 Å². The molecular formula is C32H35ClN10O3. The highest BCUT2D eigenvalue weighted by Crippen LogP contribution is 2.36. The van der Waals surface area contributed by atoms with Crippen molar-refractivity contribution in [2.24, 2.45) is 0 Å². The molecule has 2 N–H and O–H groups in total. The Morgan fingerprint density at radius 2 is 1.91 bits per heavy atom. The van der Waals surface area contributed by atoms with Gasteiger partial charge >= 0.3 is 6.09 Å². The van der Waals surface area contributed by atoms with Crippen LogP contribution in [-0.2, 0) is 11.3 Å². The second-order valence-corrected chi connectivity index (χ2v) is 12.3. The monoisotopic (exact) mass is 642 g/mol. The van der Waals surface area contributed by atoms with E-state index in [-0.39, 0.29) is 17.7 Å². The number of carbonyl (C=O) groups excluding carboxylic acids is 1. The number of benzene rings is 2. The van der Waals surface area contributed by atoms with E-state index in [4.69, 9.17) is 26.1 Å². The number of methoxy groups -OCH3 is 1. The summed E-state index contributed by atoms with van der Waals surface area (Å²) in [6.45, 7) is 6.65. The summed E-state index contributed by atoms with van der Waals surface area (Å²) in [6, 6.07) is 15.8. The van der Waals surface area contributed by atoms with Crippen molar-refractivity contribution < 1.29 is 14.3 Å². The Bertz CT molecular complexity index is 1820. The maximum atomic E-state index is 12.0. The number of alkyl carbamates (subject to hydrolysis) is 1. The molecule has 14 heteroatoms. The number of aromatic nitrogens is 4. The molecule has 1 saturated carbocycles. The zero-order valence-corrected chi connectivity index (χ0v) is 27.1. The number of ether oxygens (including phenoxy) is 2. The maximum absolute atomic E-state index is 12.0. The highest BCUT2D eigenvalue weighted by molar-refractivity contribution is 6.33. The molecule has 0 unspecified atom stereocenters. The summed E-state index contributed by atoms with van der Waals surface area (Å²) < 4.78 is 12.1.